The topological polar surface area (TPSA) is 112 Å². The molecule has 0 aliphatic carbocycles. The third kappa shape index (κ3) is 3.22. The molecule has 3 N–H and O–H groups in total. The minimum atomic E-state index is -1.72. The molecule has 0 heterocycles. The second-order valence-electron chi connectivity index (χ2n) is 2.07. The van der Waals surface area contributed by atoms with Crippen LogP contribution in [0.1, 0.15) is 6.42 Å². The van der Waals surface area contributed by atoms with E-state index in [0.29, 0.717) is 0 Å². The van der Waals surface area contributed by atoms with Gasteiger partial charge >= 0.3 is 5.97 Å². The van der Waals surface area contributed by atoms with Crippen LogP contribution in [0.2, 0.25) is 0 Å². The predicted octanol–water partition coefficient (Wildman–Crippen LogP) is -2.05. The number of carbonyl (C=O) groups excluding carboxylic acids is 2. The summed E-state index contributed by atoms with van der Waals surface area (Å²) in [6.07, 6.45) is -2.52. The number of carboxylic acid groups (broad SMARTS) is 1. The van der Waals surface area contributed by atoms with Crippen LogP contribution in [-0.4, -0.2) is 45.6 Å². The molecule has 0 bridgehead atoms. The van der Waals surface area contributed by atoms with Gasteiger partial charge in [-0.25, -0.2) is 4.79 Å². The second-order valence-corrected chi connectivity index (χ2v) is 2.07. The summed E-state index contributed by atoms with van der Waals surface area (Å²) < 4.78 is 0. The van der Waals surface area contributed by atoms with Gasteiger partial charge in [-0.15, -0.1) is 0 Å². The van der Waals surface area contributed by atoms with E-state index in [1.165, 1.54) is 0 Å². The van der Waals surface area contributed by atoms with Crippen molar-refractivity contribution in [3.63, 3.8) is 0 Å². The van der Waals surface area contributed by atoms with Crippen LogP contribution >= 0.6 is 0 Å². The van der Waals surface area contributed by atoms with Crippen LogP contribution in [0.4, 0.5) is 0 Å². The highest BCUT2D eigenvalue weighted by molar-refractivity contribution is 6.33. The van der Waals surface area contributed by atoms with Gasteiger partial charge in [-0.3, -0.25) is 9.59 Å². The molecule has 0 rings (SSSR count). The number of Topliss-reactive ketones (excluding diaryl/α,β-unsaturated/α-hetero) is 2. The molecule has 12 heavy (non-hydrogen) atoms. The van der Waals surface area contributed by atoms with Crippen LogP contribution in [0.3, 0.4) is 0 Å². The Morgan fingerprint density at radius 1 is 1.25 bits per heavy atom. The van der Waals surface area contributed by atoms with Gasteiger partial charge in [-0.05, 0) is 0 Å². The summed E-state index contributed by atoms with van der Waals surface area (Å²) in [7, 11) is 0. The van der Waals surface area contributed by atoms with E-state index in [9.17, 15) is 14.4 Å². The molecular weight excluding hydrogens is 168 g/mol. The Kier molecular flexibility index (Phi) is 4.09. The number of carbonyl (C=O) groups is 3. The Balaban J connectivity index is 4.01. The first-order valence-electron chi connectivity index (χ1n) is 3.06. The van der Waals surface area contributed by atoms with Crippen molar-refractivity contribution in [2.24, 2.45) is 0 Å². The van der Waals surface area contributed by atoms with E-state index in [-0.39, 0.29) is 0 Å². The summed E-state index contributed by atoms with van der Waals surface area (Å²) >= 11 is 0. The molecular formula is C6H8O6. The summed E-state index contributed by atoms with van der Waals surface area (Å²) in [5, 5.41) is 25.0. The van der Waals surface area contributed by atoms with Crippen molar-refractivity contribution in [2.45, 2.75) is 12.5 Å². The van der Waals surface area contributed by atoms with Crippen LogP contribution in [-0.2, 0) is 14.4 Å². The molecule has 1 atom stereocenters. The summed E-state index contributed by atoms with van der Waals surface area (Å²) in [4.78, 5) is 30.7. The van der Waals surface area contributed by atoms with Crippen molar-refractivity contribution in [1.82, 2.24) is 0 Å². The molecule has 0 spiro atoms. The van der Waals surface area contributed by atoms with Crippen LogP contribution in [0, 0.1) is 0 Å². The molecule has 68 valence electrons. The highest BCUT2D eigenvalue weighted by Crippen LogP contribution is 1.94. The zero-order valence-corrected chi connectivity index (χ0v) is 6.06. The van der Waals surface area contributed by atoms with Crippen molar-refractivity contribution in [3.05, 3.63) is 0 Å². The maximum atomic E-state index is 10.4. The van der Waals surface area contributed by atoms with Gasteiger partial charge in [-0.1, -0.05) is 0 Å². The molecule has 0 radical (unpaired) electrons. The van der Waals surface area contributed by atoms with Crippen LogP contribution in [0.15, 0.2) is 0 Å². The van der Waals surface area contributed by atoms with Crippen molar-refractivity contribution in [3.8, 4) is 0 Å². The van der Waals surface area contributed by atoms with Crippen LogP contribution in [0.5, 0.6) is 0 Å². The van der Waals surface area contributed by atoms with Gasteiger partial charge in [0.05, 0.1) is 6.42 Å². The fourth-order valence-corrected chi connectivity index (χ4v) is 0.482. The van der Waals surface area contributed by atoms with Crippen molar-refractivity contribution < 1.29 is 29.7 Å². The number of carboxylic acids is 1. The first kappa shape index (κ1) is 10.7. The Morgan fingerprint density at radius 2 is 1.75 bits per heavy atom. The van der Waals surface area contributed by atoms with Gasteiger partial charge in [0.15, 0.2) is 5.78 Å². The zero-order chi connectivity index (χ0) is 9.72. The molecule has 0 unspecified atom stereocenters. The van der Waals surface area contributed by atoms with Crippen LogP contribution < -0.4 is 0 Å². The smallest absolute Gasteiger partial charge is 0.372 e. The standard InChI is InChI=1S/C6H8O6/c7-2-5(10)3(8)1-4(9)6(11)12/h3,7-8H,1-2H2,(H,11,12)/t3-/m0/s1. The highest BCUT2D eigenvalue weighted by Gasteiger charge is 2.21. The average molecular weight is 176 g/mol. The van der Waals surface area contributed by atoms with E-state index >= 15 is 0 Å². The van der Waals surface area contributed by atoms with Gasteiger partial charge in [0, 0.05) is 0 Å². The molecule has 0 saturated heterocycles. The van der Waals surface area contributed by atoms with Gasteiger partial charge in [-0.2, -0.15) is 0 Å². The maximum Gasteiger partial charge on any atom is 0.372 e. The highest BCUT2D eigenvalue weighted by atomic mass is 16.4. The van der Waals surface area contributed by atoms with E-state index in [1.54, 1.807) is 0 Å². The fourth-order valence-electron chi connectivity index (χ4n) is 0.482. The molecule has 0 saturated carbocycles. The predicted molar refractivity (Wildman–Crippen MR) is 35.4 cm³/mol. The largest absolute Gasteiger partial charge is 0.475 e. The lowest BCUT2D eigenvalue weighted by atomic mass is 10.1. The summed E-state index contributed by atoms with van der Waals surface area (Å²) in [6, 6.07) is 0. The summed E-state index contributed by atoms with van der Waals surface area (Å²) in [5.41, 5.74) is 0. The van der Waals surface area contributed by atoms with Gasteiger partial charge in [0.1, 0.15) is 12.7 Å². The number of hydrogen-bond donors (Lipinski definition) is 3. The number of hydrogen-bond acceptors (Lipinski definition) is 5. The molecule has 0 aromatic rings. The van der Waals surface area contributed by atoms with E-state index in [2.05, 4.69) is 0 Å². The molecule has 0 aliphatic rings. The van der Waals surface area contributed by atoms with E-state index < -0.39 is 36.7 Å². The second kappa shape index (κ2) is 4.58. The first-order valence-corrected chi connectivity index (χ1v) is 3.06. The SMILES string of the molecule is O=C(O)C(=O)C[C@H](O)C(=O)CO. The lowest BCUT2D eigenvalue weighted by Gasteiger charge is -2.03. The Morgan fingerprint density at radius 3 is 2.08 bits per heavy atom. The van der Waals surface area contributed by atoms with E-state index in [1.807, 2.05) is 0 Å². The molecule has 0 amide bonds. The number of aliphatic hydroxyl groups excluding tert-OH is 2. The van der Waals surface area contributed by atoms with Crippen LogP contribution in [0.25, 0.3) is 0 Å². The number of aliphatic carboxylic acids is 1. The summed E-state index contributed by atoms with van der Waals surface area (Å²) in [5.74, 6) is -3.94. The number of ketones is 2. The minimum Gasteiger partial charge on any atom is -0.475 e. The third-order valence-corrected chi connectivity index (χ3v) is 1.14. The van der Waals surface area contributed by atoms with E-state index in [0.717, 1.165) is 0 Å². The monoisotopic (exact) mass is 176 g/mol. The van der Waals surface area contributed by atoms with Crippen molar-refractivity contribution >= 4 is 17.5 Å². The molecule has 0 aromatic carbocycles. The van der Waals surface area contributed by atoms with Gasteiger partial charge < -0.3 is 15.3 Å². The van der Waals surface area contributed by atoms with E-state index in [4.69, 9.17) is 15.3 Å². The minimum absolute atomic E-state index is 0.797. The first-order chi connectivity index (χ1) is 5.49. The molecule has 0 aliphatic heterocycles. The Labute approximate surface area is 67.4 Å². The number of aliphatic hydroxyl groups is 2. The molecule has 6 heteroatoms. The quantitative estimate of drug-likeness (QED) is 0.416. The van der Waals surface area contributed by atoms with Crippen molar-refractivity contribution in [1.29, 1.82) is 0 Å². The van der Waals surface area contributed by atoms with Gasteiger partial charge in [0.2, 0.25) is 5.78 Å². The normalized spacial score (nSPS) is 12.2. The average Bonchev–Trinajstić information content (AvgIpc) is 2.02. The lowest BCUT2D eigenvalue weighted by molar-refractivity contribution is -0.150. The number of rotatable bonds is 5. The van der Waals surface area contributed by atoms with Gasteiger partial charge in [0.25, 0.3) is 0 Å². The zero-order valence-electron chi connectivity index (χ0n) is 6.06. The summed E-state index contributed by atoms with van der Waals surface area (Å²) in [6.45, 7) is -0.909. The Hall–Kier alpha value is -1.27. The fraction of sp³-hybridized carbons (Fsp3) is 0.500. The van der Waals surface area contributed by atoms with Crippen molar-refractivity contribution in [2.75, 3.05) is 6.61 Å². The lowest BCUT2D eigenvalue weighted by Crippen LogP contribution is -2.29. The maximum absolute atomic E-state index is 10.4. The molecule has 0 aromatic heterocycles. The third-order valence-electron chi connectivity index (χ3n) is 1.14. The molecule has 6 nitrogen and oxygen atoms in total. The molecule has 0 fully saturated rings. The Bertz CT molecular complexity index is 208.